The summed E-state index contributed by atoms with van der Waals surface area (Å²) in [6, 6.07) is 0. The van der Waals surface area contributed by atoms with E-state index < -0.39 is 22.2 Å². The van der Waals surface area contributed by atoms with Gasteiger partial charge in [-0.1, -0.05) is 6.92 Å². The van der Waals surface area contributed by atoms with Crippen LogP contribution in [0.15, 0.2) is 0 Å². The topological polar surface area (TPSA) is 222 Å². The molecule has 5 rings (SSSR count). The number of nitrogens with zero attached hydrogens (tertiary/aromatic N) is 4. The Hall–Kier alpha value is -2.44. The number of esters is 4. The van der Waals surface area contributed by atoms with Gasteiger partial charge in [0, 0.05) is 52.4 Å². The van der Waals surface area contributed by atoms with E-state index in [1.54, 1.807) is 6.92 Å². The maximum atomic E-state index is 11.6. The third-order valence-electron chi connectivity index (χ3n) is 9.29. The predicted octanol–water partition coefficient (Wildman–Crippen LogP) is -1.53. The summed E-state index contributed by atoms with van der Waals surface area (Å²) in [4.78, 5) is 53.7. The smallest absolute Gasteiger partial charge is 0.327 e. The molecule has 0 spiro atoms. The third kappa shape index (κ3) is 13.0. The molecule has 0 bridgehead atoms. The SMILES string of the molecule is CCCOC(=O)C1(N)CCN(C)C1.CCOC(=O)C1(N)CCN(C)C1.CN1CCC(N)(C(=O)OC2CC2)C1.COC(=O)C1(N)CCN(C)C1. The number of carbonyl (C=O) groups excluding carboxylic acids is 4. The molecule has 5 fully saturated rings. The molecule has 0 aromatic heterocycles. The van der Waals surface area contributed by atoms with Crippen LogP contribution in [0.3, 0.4) is 0 Å². The molecule has 1 aliphatic carbocycles. The van der Waals surface area contributed by atoms with Gasteiger partial charge in [-0.15, -0.1) is 0 Å². The summed E-state index contributed by atoms with van der Waals surface area (Å²) in [5, 5.41) is 0. The molecule has 284 valence electrons. The second kappa shape index (κ2) is 18.7. The molecule has 1 saturated carbocycles. The van der Waals surface area contributed by atoms with Crippen molar-refractivity contribution in [3.63, 3.8) is 0 Å². The molecule has 4 aliphatic heterocycles. The Bertz CT molecular complexity index is 1110. The number of rotatable bonds is 8. The fourth-order valence-corrected chi connectivity index (χ4v) is 6.06. The van der Waals surface area contributed by atoms with Gasteiger partial charge in [0.15, 0.2) is 0 Å². The van der Waals surface area contributed by atoms with Gasteiger partial charge in [-0.25, -0.2) is 4.79 Å². The van der Waals surface area contributed by atoms with E-state index in [2.05, 4.69) is 9.64 Å². The summed E-state index contributed by atoms with van der Waals surface area (Å²) in [5.41, 5.74) is 20.5. The maximum Gasteiger partial charge on any atom is 0.327 e. The molecule has 8 N–H and O–H groups in total. The van der Waals surface area contributed by atoms with E-state index in [0.717, 1.165) is 51.9 Å². The van der Waals surface area contributed by atoms with Crippen LogP contribution >= 0.6 is 0 Å². The molecule has 5 aliphatic rings. The van der Waals surface area contributed by atoms with Crippen molar-refractivity contribution in [2.45, 2.75) is 87.1 Å². The lowest BCUT2D eigenvalue weighted by atomic mass is 10.0. The Morgan fingerprint density at radius 3 is 1.22 bits per heavy atom. The van der Waals surface area contributed by atoms with Crippen molar-refractivity contribution in [3.8, 4) is 0 Å². The highest BCUT2D eigenvalue weighted by molar-refractivity contribution is 5.82. The first kappa shape index (κ1) is 42.7. The van der Waals surface area contributed by atoms with E-state index >= 15 is 0 Å². The Balaban J connectivity index is 0.000000227. The largest absolute Gasteiger partial charge is 0.468 e. The van der Waals surface area contributed by atoms with Gasteiger partial charge in [0.25, 0.3) is 0 Å². The highest BCUT2D eigenvalue weighted by atomic mass is 16.6. The van der Waals surface area contributed by atoms with Crippen LogP contribution in [-0.4, -0.2) is 173 Å². The molecule has 0 aromatic carbocycles. The van der Waals surface area contributed by atoms with Crippen molar-refractivity contribution >= 4 is 23.9 Å². The number of likely N-dealkylation sites (N-methyl/N-ethyl adjacent to an activating group) is 4. The van der Waals surface area contributed by atoms with Gasteiger partial charge in [-0.2, -0.15) is 0 Å². The zero-order valence-corrected chi connectivity index (χ0v) is 31.0. The molecule has 16 nitrogen and oxygen atoms in total. The average molecular weight is 701 g/mol. The lowest BCUT2D eigenvalue weighted by molar-refractivity contribution is -0.151. The molecule has 4 unspecified atom stereocenters. The van der Waals surface area contributed by atoms with Gasteiger partial charge < -0.3 is 61.5 Å². The molecule has 0 aromatic rings. The molecule has 0 radical (unpaired) electrons. The number of nitrogens with two attached hydrogens (primary N) is 4. The fraction of sp³-hybridized carbons (Fsp3) is 0.879. The van der Waals surface area contributed by atoms with Crippen molar-refractivity contribution in [1.82, 2.24) is 19.6 Å². The van der Waals surface area contributed by atoms with Gasteiger partial charge in [-0.05, 0) is 80.1 Å². The van der Waals surface area contributed by atoms with Crippen LogP contribution in [0.25, 0.3) is 0 Å². The lowest BCUT2D eigenvalue weighted by Crippen LogP contribution is -2.51. The summed E-state index contributed by atoms with van der Waals surface area (Å²) in [6.45, 7) is 10.6. The van der Waals surface area contributed by atoms with Crippen LogP contribution in [0.1, 0.15) is 58.8 Å². The predicted molar refractivity (Wildman–Crippen MR) is 185 cm³/mol. The second-order valence-electron chi connectivity index (χ2n) is 14.5. The van der Waals surface area contributed by atoms with Gasteiger partial charge in [0.05, 0.1) is 20.3 Å². The van der Waals surface area contributed by atoms with E-state index in [1.807, 2.05) is 49.8 Å². The molecule has 49 heavy (non-hydrogen) atoms. The zero-order valence-electron chi connectivity index (χ0n) is 31.0. The van der Waals surface area contributed by atoms with Crippen molar-refractivity contribution in [1.29, 1.82) is 0 Å². The second-order valence-corrected chi connectivity index (χ2v) is 14.5. The van der Waals surface area contributed by atoms with Crippen molar-refractivity contribution < 1.29 is 38.1 Å². The summed E-state index contributed by atoms with van der Waals surface area (Å²) in [5.74, 6) is -1.03. The molecular formula is C33H64N8O8. The standard InChI is InChI=1S/C9H16N2O2.C9H18N2O2.C8H16N2O2.C7H14N2O2/c1-11-5-4-9(10,6-11)8(12)13-7-2-3-7;1-3-6-13-8(12)9(10)4-5-11(2)7-9;1-3-12-7(11)8(9)4-5-10(2)6-8;1-9-4-3-7(8,5-9)6(10)11-2/h7H,2-6,10H2,1H3;3-7,10H2,1-2H3;3-6,9H2,1-2H3;3-5,8H2,1-2H3. The quantitative estimate of drug-likeness (QED) is 0.167. The Morgan fingerprint density at radius 1 is 0.592 bits per heavy atom. The van der Waals surface area contributed by atoms with Gasteiger partial charge in [0.2, 0.25) is 0 Å². The number of ether oxygens (including phenoxy) is 4. The first-order chi connectivity index (χ1) is 22.8. The normalized spacial score (nSPS) is 31.7. The van der Waals surface area contributed by atoms with Gasteiger partial charge in [0.1, 0.15) is 28.3 Å². The minimum absolute atomic E-state index is 0.166. The number of methoxy groups -OCH3 is 1. The van der Waals surface area contributed by atoms with Crippen molar-refractivity contribution in [2.24, 2.45) is 22.9 Å². The van der Waals surface area contributed by atoms with Gasteiger partial charge >= 0.3 is 23.9 Å². The average Bonchev–Trinajstić information content (AvgIpc) is 3.29. The summed E-state index contributed by atoms with van der Waals surface area (Å²) < 4.78 is 19.7. The molecule has 4 heterocycles. The van der Waals surface area contributed by atoms with Crippen LogP contribution in [0, 0.1) is 0 Å². The summed E-state index contributed by atoms with van der Waals surface area (Å²) >= 11 is 0. The first-order valence-corrected chi connectivity index (χ1v) is 17.4. The van der Waals surface area contributed by atoms with Crippen LogP contribution in [0.5, 0.6) is 0 Å². The van der Waals surface area contributed by atoms with E-state index in [1.165, 1.54) is 7.11 Å². The monoisotopic (exact) mass is 700 g/mol. The van der Waals surface area contributed by atoms with Crippen LogP contribution in [0.2, 0.25) is 0 Å². The maximum absolute atomic E-state index is 11.6. The number of carbonyl (C=O) groups is 4. The third-order valence-corrected chi connectivity index (χ3v) is 9.29. The van der Waals surface area contributed by atoms with Crippen LogP contribution in [-0.2, 0) is 38.1 Å². The van der Waals surface area contributed by atoms with Crippen molar-refractivity contribution in [3.05, 3.63) is 0 Å². The first-order valence-electron chi connectivity index (χ1n) is 17.4. The minimum atomic E-state index is -0.760. The molecule has 4 atom stereocenters. The van der Waals surface area contributed by atoms with E-state index in [4.69, 9.17) is 37.1 Å². The summed E-state index contributed by atoms with van der Waals surface area (Å²) in [6.07, 6.45) is 5.84. The number of hydrogen-bond acceptors (Lipinski definition) is 16. The molecule has 0 amide bonds. The fourth-order valence-electron chi connectivity index (χ4n) is 6.06. The number of hydrogen-bond donors (Lipinski definition) is 4. The highest BCUT2D eigenvalue weighted by Gasteiger charge is 2.44. The Kier molecular flexibility index (Phi) is 16.3. The number of likely N-dealkylation sites (tertiary alicyclic amines) is 4. The zero-order chi connectivity index (χ0) is 37.0. The Morgan fingerprint density at radius 2 is 0.939 bits per heavy atom. The van der Waals surface area contributed by atoms with E-state index in [0.29, 0.717) is 58.7 Å². The molecular weight excluding hydrogens is 636 g/mol. The van der Waals surface area contributed by atoms with Crippen LogP contribution < -0.4 is 22.9 Å². The highest BCUT2D eigenvalue weighted by Crippen LogP contribution is 2.27. The van der Waals surface area contributed by atoms with Crippen molar-refractivity contribution in [2.75, 3.05) is 101 Å². The van der Waals surface area contributed by atoms with E-state index in [-0.39, 0.29) is 30.0 Å². The molecule has 4 saturated heterocycles. The van der Waals surface area contributed by atoms with Crippen LogP contribution in [0.4, 0.5) is 0 Å². The summed E-state index contributed by atoms with van der Waals surface area (Å²) in [7, 11) is 9.20. The molecule has 16 heteroatoms. The lowest BCUT2D eigenvalue weighted by Gasteiger charge is -2.21. The minimum Gasteiger partial charge on any atom is -0.468 e. The van der Waals surface area contributed by atoms with E-state index in [9.17, 15) is 19.2 Å². The van der Waals surface area contributed by atoms with Gasteiger partial charge in [-0.3, -0.25) is 14.4 Å². The Labute approximate surface area is 292 Å².